The van der Waals surface area contributed by atoms with Gasteiger partial charge in [-0.15, -0.1) is 40.8 Å². The SMILES string of the molecule is CN1C(=O)[C@@H](N)C2C[C@H]2c2nccnc21.CN1C(=O)[C@@H](NC(=O)c2nnc(Cc3ccccc3)s2)C2C[C@H]2c2nccnc21.CN1C(=O)[C@@H](NC(=O)c2nnc(Cc3ccccc3)s2)[C@H]2C[C@H]2c2nccnc21.CN1C(=O)[C@H](NC(=O)c2nnc(Cc3ccccc3)s2)[C@@H]2C[C@@H]2c2nccnc21.O=C(O)c1nnc(Cc2ccccc2)s1. The van der Waals surface area contributed by atoms with Crippen molar-refractivity contribution in [1.82, 2.24) is 96.6 Å². The highest BCUT2D eigenvalue weighted by Crippen LogP contribution is 2.56. The van der Waals surface area contributed by atoms with E-state index < -0.39 is 30.1 Å². The fourth-order valence-electron chi connectivity index (χ4n) is 14.9. The number of amides is 7. The molecule has 0 saturated heterocycles. The second-order valence-electron chi connectivity index (χ2n) is 29.0. The first-order valence-electron chi connectivity index (χ1n) is 37.5. The third-order valence-corrected chi connectivity index (χ3v) is 25.0. The number of anilines is 4. The highest BCUT2D eigenvalue weighted by atomic mass is 32.1. The van der Waals surface area contributed by atoms with Gasteiger partial charge in [0.1, 0.15) is 38.2 Å². The lowest BCUT2D eigenvalue weighted by Gasteiger charge is -2.22. The van der Waals surface area contributed by atoms with E-state index in [-0.39, 0.29) is 103 Å². The Hall–Kier alpha value is -12.8. The predicted octanol–water partition coefficient (Wildman–Crippen LogP) is 7.10. The molecule has 7 amide bonds. The summed E-state index contributed by atoms with van der Waals surface area (Å²) in [4.78, 5) is 140. The molecule has 4 aliphatic carbocycles. The molecule has 117 heavy (non-hydrogen) atoms. The molecule has 8 aromatic heterocycles. The summed E-state index contributed by atoms with van der Waals surface area (Å²) in [6.07, 6.45) is 18.8. The number of aromatic nitrogens is 16. The quantitative estimate of drug-likeness (QED) is 0.0682. The Labute approximate surface area is 684 Å². The van der Waals surface area contributed by atoms with E-state index in [1.54, 1.807) is 77.8 Å². The second kappa shape index (κ2) is 33.9. The van der Waals surface area contributed by atoms with Gasteiger partial charge in [0.2, 0.25) is 25.9 Å². The number of benzene rings is 4. The first kappa shape index (κ1) is 78.1. The molecule has 4 fully saturated rings. The summed E-state index contributed by atoms with van der Waals surface area (Å²) in [6, 6.07) is 37.2. The van der Waals surface area contributed by atoms with Crippen LogP contribution in [0.4, 0.5) is 23.3 Å². The van der Waals surface area contributed by atoms with Crippen molar-refractivity contribution in [3.8, 4) is 0 Å². The van der Waals surface area contributed by atoms with Crippen LogP contribution in [0.2, 0.25) is 0 Å². The number of nitrogens with one attached hydrogen (secondary N) is 3. The lowest BCUT2D eigenvalue weighted by atomic mass is 10.1. The van der Waals surface area contributed by atoms with Crippen LogP contribution in [0, 0.1) is 23.7 Å². The maximum Gasteiger partial charge on any atom is 0.367 e. The van der Waals surface area contributed by atoms with Crippen molar-refractivity contribution in [3.63, 3.8) is 0 Å². The summed E-state index contributed by atoms with van der Waals surface area (Å²) in [5.41, 5.74) is 13.7. The molecule has 4 aliphatic heterocycles. The van der Waals surface area contributed by atoms with Crippen LogP contribution in [0.5, 0.6) is 0 Å². The molecule has 0 bridgehead atoms. The Morgan fingerprint density at radius 2 is 0.590 bits per heavy atom. The molecule has 0 spiro atoms. The van der Waals surface area contributed by atoms with Crippen molar-refractivity contribution in [2.75, 3.05) is 47.8 Å². The number of hydrogen-bond acceptors (Lipinski definition) is 29. The van der Waals surface area contributed by atoms with Crippen molar-refractivity contribution in [2.45, 2.75) is 99.2 Å². The Kier molecular flexibility index (Phi) is 22.6. The van der Waals surface area contributed by atoms with Crippen LogP contribution in [-0.2, 0) is 44.9 Å². The smallest absolute Gasteiger partial charge is 0.367 e. The highest BCUT2D eigenvalue weighted by Gasteiger charge is 2.57. The fraction of sp³-hybridized carbons (Fsp3) is 0.300. The molecule has 37 heteroatoms. The molecule has 20 rings (SSSR count). The zero-order valence-electron chi connectivity index (χ0n) is 63.1. The standard InChI is InChI=1S/3C20H18N6O2S.C10H12N4O.C10H8N2O2S/c3*1-26-17-15(21-7-8-22-17)12-10-13(12)16(20(26)28)23-18(27)19-25-24-14(29-19)9-11-5-3-2-4-6-11;1-14-9-8(12-2-3-13-9)6-4-5(6)7(11)10(14)15;13-10(14)9-12-11-8(15-9)6-7-4-2-1-3-5-7/h3*2-8,12-13,16H,9-10H2,1H3,(H,23,27);2-3,5-7H,4,11H2,1H3;1-5H,6H2,(H,13,14)/t12-,13?,16+;2*12-,13+,16+;5?,6-,7+;/m1101./s1. The van der Waals surface area contributed by atoms with Gasteiger partial charge in [0.25, 0.3) is 35.4 Å². The zero-order chi connectivity index (χ0) is 81.1. The number of fused-ring (bicyclic) bond motifs is 12. The summed E-state index contributed by atoms with van der Waals surface area (Å²) in [7, 11) is 6.72. The predicted molar refractivity (Wildman–Crippen MR) is 430 cm³/mol. The van der Waals surface area contributed by atoms with E-state index in [9.17, 15) is 38.4 Å². The molecule has 4 aromatic carbocycles. The molecule has 6 N–H and O–H groups in total. The molecular formula is C80H74N24O9S4. The van der Waals surface area contributed by atoms with Crippen molar-refractivity contribution < 1.29 is 43.5 Å². The summed E-state index contributed by atoms with van der Waals surface area (Å²) in [5.74, 6) is 0.764. The molecule has 12 aromatic rings. The topological polar surface area (TPSA) is 438 Å². The molecule has 12 atom stereocenters. The number of rotatable bonds is 15. The number of likely N-dealkylation sites (N-methyl/N-ethyl adjacent to an activating group) is 4. The summed E-state index contributed by atoms with van der Waals surface area (Å²) in [6.45, 7) is 0. The maximum absolute atomic E-state index is 13.0. The second-order valence-corrected chi connectivity index (χ2v) is 33.3. The Balaban J connectivity index is 0.000000112. The van der Waals surface area contributed by atoms with Crippen LogP contribution in [0.3, 0.4) is 0 Å². The van der Waals surface area contributed by atoms with E-state index in [0.717, 1.165) is 102 Å². The minimum atomic E-state index is -1.02. The number of hydrogen-bond donors (Lipinski definition) is 5. The minimum Gasteiger partial charge on any atom is -0.476 e. The van der Waals surface area contributed by atoms with Gasteiger partial charge in [0.15, 0.2) is 23.3 Å². The largest absolute Gasteiger partial charge is 0.476 e. The molecule has 33 nitrogen and oxygen atoms in total. The van der Waals surface area contributed by atoms with Gasteiger partial charge in [0.05, 0.1) is 28.8 Å². The number of nitrogens with zero attached hydrogens (tertiary/aromatic N) is 20. The average Bonchev–Trinajstić information content (AvgIpc) is 1.61. The number of carbonyl (C=O) groups excluding carboxylic acids is 7. The summed E-state index contributed by atoms with van der Waals surface area (Å²) in [5, 5.41) is 53.0. The van der Waals surface area contributed by atoms with E-state index in [1.165, 1.54) is 53.6 Å². The van der Waals surface area contributed by atoms with Crippen molar-refractivity contribution in [1.29, 1.82) is 0 Å². The highest BCUT2D eigenvalue weighted by molar-refractivity contribution is 7.14. The van der Waals surface area contributed by atoms with Gasteiger partial charge in [-0.25, -0.2) is 24.7 Å². The van der Waals surface area contributed by atoms with Crippen molar-refractivity contribution >= 4 is 116 Å². The lowest BCUT2D eigenvalue weighted by Crippen LogP contribution is -2.48. The lowest BCUT2D eigenvalue weighted by molar-refractivity contribution is -0.121. The fourth-order valence-corrected chi connectivity index (χ4v) is 18.0. The summed E-state index contributed by atoms with van der Waals surface area (Å²) < 4.78 is 0. The van der Waals surface area contributed by atoms with Gasteiger partial charge in [-0.1, -0.05) is 167 Å². The minimum absolute atomic E-state index is 0.0311. The third kappa shape index (κ3) is 17.3. The Bertz CT molecular complexity index is 5300. The van der Waals surface area contributed by atoms with Gasteiger partial charge in [-0.05, 0) is 71.6 Å². The van der Waals surface area contributed by atoms with Gasteiger partial charge in [-0.2, -0.15) is 0 Å². The molecule has 4 saturated carbocycles. The molecule has 12 heterocycles. The van der Waals surface area contributed by atoms with Crippen LogP contribution in [0.1, 0.15) is 154 Å². The van der Waals surface area contributed by atoms with E-state index in [0.29, 0.717) is 54.9 Å². The molecule has 0 radical (unpaired) electrons. The number of carboxylic acids is 1. The monoisotopic (exact) mass is 1640 g/mol. The maximum atomic E-state index is 13.0. The summed E-state index contributed by atoms with van der Waals surface area (Å²) >= 11 is 4.86. The van der Waals surface area contributed by atoms with Gasteiger partial charge in [-0.3, -0.25) is 73.1 Å². The van der Waals surface area contributed by atoms with Crippen LogP contribution in [0.15, 0.2) is 171 Å². The van der Waals surface area contributed by atoms with Crippen LogP contribution >= 0.6 is 45.3 Å². The van der Waals surface area contributed by atoms with E-state index in [2.05, 4.69) is 96.6 Å². The molecule has 8 aliphatic rings. The first-order valence-corrected chi connectivity index (χ1v) is 40.8. The van der Waals surface area contributed by atoms with Gasteiger partial charge >= 0.3 is 5.97 Å². The van der Waals surface area contributed by atoms with Crippen LogP contribution in [0.25, 0.3) is 0 Å². The average molecular weight is 1640 g/mol. The molecular weight excluding hydrogens is 1570 g/mol. The number of aromatic carboxylic acids is 1. The number of carbonyl (C=O) groups is 8. The normalized spacial score (nSPS) is 22.2. The van der Waals surface area contributed by atoms with E-state index in [4.69, 9.17) is 10.8 Å². The number of carboxylic acid groups (broad SMARTS) is 1. The number of nitrogens with two attached hydrogens (primary N) is 1. The van der Waals surface area contributed by atoms with Crippen molar-refractivity contribution in [3.05, 3.63) is 256 Å². The van der Waals surface area contributed by atoms with Gasteiger partial charge in [0, 0.05) is 127 Å². The molecule has 2 unspecified atom stereocenters. The Morgan fingerprint density at radius 1 is 0.350 bits per heavy atom. The van der Waals surface area contributed by atoms with Crippen molar-refractivity contribution in [2.24, 2.45) is 29.4 Å². The third-order valence-electron chi connectivity index (χ3n) is 21.3. The van der Waals surface area contributed by atoms with E-state index >= 15 is 0 Å². The van der Waals surface area contributed by atoms with Crippen LogP contribution in [-0.4, -0.2) is 185 Å². The van der Waals surface area contributed by atoms with Gasteiger partial charge < -0.3 is 26.8 Å². The van der Waals surface area contributed by atoms with Crippen LogP contribution < -0.4 is 41.3 Å². The first-order chi connectivity index (χ1) is 56.8. The molecule has 592 valence electrons. The zero-order valence-corrected chi connectivity index (χ0v) is 66.4. The Morgan fingerprint density at radius 3 is 0.863 bits per heavy atom. The van der Waals surface area contributed by atoms with E-state index in [1.807, 2.05) is 121 Å².